The topological polar surface area (TPSA) is 83.0 Å². The number of nitrogens with zero attached hydrogens (tertiary/aromatic N) is 4. The van der Waals surface area contributed by atoms with E-state index in [2.05, 4.69) is 5.10 Å². The number of nitro groups is 1. The first-order chi connectivity index (χ1) is 10.6. The first-order valence-corrected chi connectivity index (χ1v) is 6.57. The van der Waals surface area contributed by atoms with Crippen LogP contribution in [0.5, 0.6) is 0 Å². The number of pyridine rings is 1. The monoisotopic (exact) mass is 296 g/mol. The zero-order valence-corrected chi connectivity index (χ0v) is 11.5. The van der Waals surface area contributed by atoms with Crippen LogP contribution in [-0.2, 0) is 6.54 Å². The Morgan fingerprint density at radius 1 is 1.14 bits per heavy atom. The molecule has 0 amide bonds. The second kappa shape index (κ2) is 5.65. The largest absolute Gasteiger partial charge is 0.344 e. The first kappa shape index (κ1) is 13.7. The summed E-state index contributed by atoms with van der Waals surface area (Å²) >= 11 is 0. The zero-order chi connectivity index (χ0) is 15.5. The van der Waals surface area contributed by atoms with Gasteiger partial charge in [0.1, 0.15) is 0 Å². The maximum Gasteiger partial charge on any atom is 0.332 e. The van der Waals surface area contributed by atoms with Gasteiger partial charge in [0, 0.05) is 24.0 Å². The highest BCUT2D eigenvalue weighted by Gasteiger charge is 2.12. The lowest BCUT2D eigenvalue weighted by atomic mass is 10.3. The van der Waals surface area contributed by atoms with E-state index in [4.69, 9.17) is 0 Å². The molecule has 0 radical (unpaired) electrons. The fourth-order valence-corrected chi connectivity index (χ4v) is 2.12. The van der Waals surface area contributed by atoms with Crippen LogP contribution in [0.25, 0.3) is 5.69 Å². The normalized spacial score (nSPS) is 10.5. The predicted molar refractivity (Wildman–Crippen MR) is 80.0 cm³/mol. The van der Waals surface area contributed by atoms with Gasteiger partial charge in [-0.3, -0.25) is 14.9 Å². The van der Waals surface area contributed by atoms with E-state index in [9.17, 15) is 14.9 Å². The van der Waals surface area contributed by atoms with Gasteiger partial charge in [-0.15, -0.1) is 0 Å². The lowest BCUT2D eigenvalue weighted by Crippen LogP contribution is -2.11. The average molecular weight is 296 g/mol. The Bertz CT molecular complexity index is 868. The van der Waals surface area contributed by atoms with Crippen LogP contribution in [0.4, 0.5) is 5.69 Å². The van der Waals surface area contributed by atoms with E-state index in [-0.39, 0.29) is 0 Å². The van der Waals surface area contributed by atoms with Crippen molar-refractivity contribution in [2.75, 3.05) is 0 Å². The Hall–Kier alpha value is -3.22. The Balaban J connectivity index is 1.86. The molecule has 0 fully saturated rings. The van der Waals surface area contributed by atoms with Crippen LogP contribution in [0, 0.1) is 10.1 Å². The molecule has 0 aliphatic carbocycles. The standard InChI is InChI=1S/C15H12N4O3/c20-15-6-7-17(11-14(15)19(21)22)9-12-8-16-18(10-12)13-4-2-1-3-5-13/h1-8,10-11H,9H2. The third-order valence-electron chi connectivity index (χ3n) is 3.18. The number of benzene rings is 1. The van der Waals surface area contributed by atoms with Crippen molar-refractivity contribution < 1.29 is 4.92 Å². The van der Waals surface area contributed by atoms with Crippen molar-refractivity contribution in [3.05, 3.63) is 87.1 Å². The number of hydrogen-bond acceptors (Lipinski definition) is 4. The molecule has 22 heavy (non-hydrogen) atoms. The molecule has 0 aliphatic rings. The minimum absolute atomic E-state index is 0.397. The van der Waals surface area contributed by atoms with Crippen LogP contribution >= 0.6 is 0 Å². The molecule has 0 unspecified atom stereocenters. The van der Waals surface area contributed by atoms with E-state index in [1.54, 1.807) is 15.4 Å². The lowest BCUT2D eigenvalue weighted by Gasteiger charge is -2.03. The van der Waals surface area contributed by atoms with Crippen molar-refractivity contribution >= 4 is 5.69 Å². The van der Waals surface area contributed by atoms with Gasteiger partial charge in [0.25, 0.3) is 5.43 Å². The summed E-state index contributed by atoms with van der Waals surface area (Å²) in [7, 11) is 0. The molecule has 7 heteroatoms. The van der Waals surface area contributed by atoms with E-state index in [0.717, 1.165) is 11.3 Å². The fraction of sp³-hybridized carbons (Fsp3) is 0.0667. The fourth-order valence-electron chi connectivity index (χ4n) is 2.12. The SMILES string of the molecule is O=c1ccn(Cc2cnn(-c3ccccc3)c2)cc1[N+](=O)[O-]. The third-order valence-corrected chi connectivity index (χ3v) is 3.18. The molecule has 2 heterocycles. The second-order valence-electron chi connectivity index (χ2n) is 4.75. The molecule has 110 valence electrons. The van der Waals surface area contributed by atoms with Gasteiger partial charge in [-0.25, -0.2) is 4.68 Å². The van der Waals surface area contributed by atoms with Gasteiger partial charge < -0.3 is 4.57 Å². The van der Waals surface area contributed by atoms with Gasteiger partial charge in [-0.1, -0.05) is 18.2 Å². The van der Waals surface area contributed by atoms with Crippen LogP contribution < -0.4 is 5.43 Å². The van der Waals surface area contributed by atoms with E-state index in [0.29, 0.717) is 6.54 Å². The molecule has 0 spiro atoms. The molecular formula is C15H12N4O3. The summed E-state index contributed by atoms with van der Waals surface area (Å²) in [5, 5.41) is 15.1. The first-order valence-electron chi connectivity index (χ1n) is 6.57. The number of para-hydroxylation sites is 1. The second-order valence-corrected chi connectivity index (χ2v) is 4.75. The highest BCUT2D eigenvalue weighted by Crippen LogP contribution is 2.10. The van der Waals surface area contributed by atoms with E-state index in [1.807, 2.05) is 36.5 Å². The average Bonchev–Trinajstić information content (AvgIpc) is 2.98. The molecule has 0 saturated carbocycles. The smallest absolute Gasteiger partial charge is 0.332 e. The molecule has 0 N–H and O–H groups in total. The summed E-state index contributed by atoms with van der Waals surface area (Å²) in [6.45, 7) is 0.397. The minimum Gasteiger partial charge on any atom is -0.344 e. The molecule has 0 bridgehead atoms. The summed E-state index contributed by atoms with van der Waals surface area (Å²) in [6, 6.07) is 10.8. The molecule has 3 aromatic rings. The van der Waals surface area contributed by atoms with Crippen molar-refractivity contribution in [3.8, 4) is 5.69 Å². The van der Waals surface area contributed by atoms with Crippen molar-refractivity contribution in [1.82, 2.24) is 14.3 Å². The van der Waals surface area contributed by atoms with Gasteiger partial charge >= 0.3 is 5.69 Å². The van der Waals surface area contributed by atoms with E-state index >= 15 is 0 Å². The Labute approximate surface area is 125 Å². The lowest BCUT2D eigenvalue weighted by molar-refractivity contribution is -0.386. The van der Waals surface area contributed by atoms with Gasteiger partial charge in [-0.2, -0.15) is 5.10 Å². The highest BCUT2D eigenvalue weighted by atomic mass is 16.6. The van der Waals surface area contributed by atoms with Gasteiger partial charge in [0.2, 0.25) is 0 Å². The van der Waals surface area contributed by atoms with Gasteiger partial charge in [0.05, 0.1) is 29.5 Å². The van der Waals surface area contributed by atoms with Gasteiger partial charge in [-0.05, 0) is 12.1 Å². The predicted octanol–water partition coefficient (Wildman–Crippen LogP) is 1.99. The quantitative estimate of drug-likeness (QED) is 0.544. The summed E-state index contributed by atoms with van der Waals surface area (Å²) < 4.78 is 3.32. The molecule has 7 nitrogen and oxygen atoms in total. The van der Waals surface area contributed by atoms with Crippen LogP contribution in [0.1, 0.15) is 5.56 Å². The van der Waals surface area contributed by atoms with Gasteiger partial charge in [0.15, 0.2) is 0 Å². The molecule has 0 saturated heterocycles. The molecule has 1 aromatic carbocycles. The van der Waals surface area contributed by atoms with Crippen LogP contribution in [-0.4, -0.2) is 19.3 Å². The minimum atomic E-state index is -0.674. The summed E-state index contributed by atoms with van der Waals surface area (Å²) in [5.41, 5.74) is 0.778. The van der Waals surface area contributed by atoms with Crippen molar-refractivity contribution in [1.29, 1.82) is 0 Å². The van der Waals surface area contributed by atoms with Crippen molar-refractivity contribution in [3.63, 3.8) is 0 Å². The van der Waals surface area contributed by atoms with Crippen molar-refractivity contribution in [2.24, 2.45) is 0 Å². The summed E-state index contributed by atoms with van der Waals surface area (Å²) in [6.07, 6.45) is 6.30. The van der Waals surface area contributed by atoms with Crippen molar-refractivity contribution in [2.45, 2.75) is 6.54 Å². The van der Waals surface area contributed by atoms with Crippen LogP contribution in [0.15, 0.2) is 66.0 Å². The maximum atomic E-state index is 11.4. The molecule has 3 rings (SSSR count). The maximum absolute atomic E-state index is 11.4. The van der Waals surface area contributed by atoms with E-state index < -0.39 is 16.0 Å². The van der Waals surface area contributed by atoms with Crippen LogP contribution in [0.2, 0.25) is 0 Å². The summed E-state index contributed by atoms with van der Waals surface area (Å²) in [5.74, 6) is 0. The number of aromatic nitrogens is 3. The number of rotatable bonds is 4. The Morgan fingerprint density at radius 3 is 2.64 bits per heavy atom. The zero-order valence-electron chi connectivity index (χ0n) is 11.5. The molecular weight excluding hydrogens is 284 g/mol. The Morgan fingerprint density at radius 2 is 1.91 bits per heavy atom. The molecule has 2 aromatic heterocycles. The molecule has 0 atom stereocenters. The molecule has 0 aliphatic heterocycles. The highest BCUT2D eigenvalue weighted by molar-refractivity contribution is 5.31. The Kier molecular flexibility index (Phi) is 3.53. The van der Waals surface area contributed by atoms with E-state index in [1.165, 1.54) is 18.5 Å². The number of hydrogen-bond donors (Lipinski definition) is 0. The summed E-state index contributed by atoms with van der Waals surface area (Å²) in [4.78, 5) is 21.5. The van der Waals surface area contributed by atoms with Crippen LogP contribution in [0.3, 0.4) is 0 Å². The third kappa shape index (κ3) is 2.78.